The molecule has 0 aliphatic carbocycles. The van der Waals surface area contributed by atoms with Crippen LogP contribution in [0.2, 0.25) is 0 Å². The molecule has 0 bridgehead atoms. The third kappa shape index (κ3) is 2.71. The maximum Gasteiger partial charge on any atom is 0.340 e. The molecule has 1 aromatic heterocycles. The van der Waals surface area contributed by atoms with Crippen LogP contribution in [0.15, 0.2) is 29.1 Å². The van der Waals surface area contributed by atoms with E-state index in [9.17, 15) is 9.59 Å². The van der Waals surface area contributed by atoms with Gasteiger partial charge in [-0.25, -0.2) is 9.78 Å². The maximum absolute atomic E-state index is 12.0. The van der Waals surface area contributed by atoms with Gasteiger partial charge in [0, 0.05) is 0 Å². The topological polar surface area (TPSA) is 72.0 Å². The van der Waals surface area contributed by atoms with Crippen molar-refractivity contribution in [2.75, 3.05) is 6.61 Å². The SMILES string of the molecule is CCOC(=O)C(Br)(Br)c1nc2ccccc2[nH]c1=O. The highest BCUT2D eigenvalue weighted by atomic mass is 79.9. The monoisotopic (exact) mass is 388 g/mol. The fraction of sp³-hybridized carbons (Fsp3) is 0.250. The summed E-state index contributed by atoms with van der Waals surface area (Å²) < 4.78 is 3.45. The Morgan fingerprint density at radius 1 is 1.42 bits per heavy atom. The molecule has 1 N–H and O–H groups in total. The second-order valence-corrected chi connectivity index (χ2v) is 7.17. The number of esters is 1. The first-order chi connectivity index (χ1) is 8.96. The summed E-state index contributed by atoms with van der Waals surface area (Å²) in [6.45, 7) is 1.90. The molecule has 0 unspecified atom stereocenters. The quantitative estimate of drug-likeness (QED) is 0.646. The minimum absolute atomic E-state index is 0.00431. The minimum Gasteiger partial charge on any atom is -0.464 e. The summed E-state index contributed by atoms with van der Waals surface area (Å²) in [5.74, 6) is -0.622. The molecular weight excluding hydrogens is 380 g/mol. The highest BCUT2D eigenvalue weighted by Gasteiger charge is 2.40. The van der Waals surface area contributed by atoms with Gasteiger partial charge in [0.05, 0.1) is 17.6 Å². The number of hydrogen-bond acceptors (Lipinski definition) is 4. The molecule has 0 spiro atoms. The Morgan fingerprint density at radius 2 is 2.11 bits per heavy atom. The molecule has 19 heavy (non-hydrogen) atoms. The number of nitrogens with one attached hydrogen (secondary N) is 1. The van der Waals surface area contributed by atoms with E-state index in [4.69, 9.17) is 4.74 Å². The number of aromatic nitrogens is 2. The van der Waals surface area contributed by atoms with Gasteiger partial charge in [-0.15, -0.1) is 0 Å². The lowest BCUT2D eigenvalue weighted by atomic mass is 10.2. The van der Waals surface area contributed by atoms with E-state index in [1.165, 1.54) is 0 Å². The summed E-state index contributed by atoms with van der Waals surface area (Å²) in [6.07, 6.45) is 0. The second-order valence-electron chi connectivity index (χ2n) is 3.73. The summed E-state index contributed by atoms with van der Waals surface area (Å²) in [7, 11) is 0. The molecule has 5 nitrogen and oxygen atoms in total. The summed E-state index contributed by atoms with van der Waals surface area (Å²) >= 11 is 6.31. The van der Waals surface area contributed by atoms with Crippen molar-refractivity contribution in [1.82, 2.24) is 9.97 Å². The molecule has 0 aliphatic heterocycles. The van der Waals surface area contributed by atoms with Crippen LogP contribution in [-0.4, -0.2) is 22.5 Å². The number of para-hydroxylation sites is 2. The van der Waals surface area contributed by atoms with Crippen molar-refractivity contribution in [3.05, 3.63) is 40.3 Å². The van der Waals surface area contributed by atoms with E-state index in [1.807, 2.05) is 0 Å². The zero-order chi connectivity index (χ0) is 14.0. The lowest BCUT2D eigenvalue weighted by molar-refractivity contribution is -0.143. The number of hydrogen-bond donors (Lipinski definition) is 1. The summed E-state index contributed by atoms with van der Waals surface area (Å²) in [4.78, 5) is 30.7. The molecular formula is C12H10Br2N2O3. The molecule has 0 saturated carbocycles. The number of nitrogens with zero attached hydrogens (tertiary/aromatic N) is 1. The molecule has 2 rings (SSSR count). The number of carbonyl (C=O) groups excluding carboxylic acids is 1. The van der Waals surface area contributed by atoms with Crippen LogP contribution >= 0.6 is 31.9 Å². The van der Waals surface area contributed by atoms with E-state index in [-0.39, 0.29) is 12.3 Å². The molecule has 0 fully saturated rings. The van der Waals surface area contributed by atoms with Crippen molar-refractivity contribution in [3.8, 4) is 0 Å². The third-order valence-corrected chi connectivity index (χ3v) is 3.83. The van der Waals surface area contributed by atoms with Gasteiger partial charge in [0.1, 0.15) is 5.69 Å². The van der Waals surface area contributed by atoms with Crippen LogP contribution in [0, 0.1) is 0 Å². The number of rotatable bonds is 3. The first-order valence-electron chi connectivity index (χ1n) is 5.51. The minimum atomic E-state index is -1.45. The summed E-state index contributed by atoms with van der Waals surface area (Å²) in [6, 6.07) is 7.07. The molecule has 7 heteroatoms. The molecule has 100 valence electrons. The highest BCUT2D eigenvalue weighted by Crippen LogP contribution is 2.36. The van der Waals surface area contributed by atoms with Gasteiger partial charge in [0.2, 0.25) is 3.23 Å². The number of ether oxygens (including phenoxy) is 1. The average Bonchev–Trinajstić information content (AvgIpc) is 2.38. The van der Waals surface area contributed by atoms with E-state index >= 15 is 0 Å². The van der Waals surface area contributed by atoms with Crippen molar-refractivity contribution < 1.29 is 9.53 Å². The Balaban J connectivity index is 2.59. The van der Waals surface area contributed by atoms with Gasteiger partial charge < -0.3 is 9.72 Å². The van der Waals surface area contributed by atoms with Gasteiger partial charge in [0.15, 0.2) is 0 Å². The van der Waals surface area contributed by atoms with Crippen molar-refractivity contribution in [2.45, 2.75) is 10.2 Å². The Morgan fingerprint density at radius 3 is 2.79 bits per heavy atom. The Bertz CT molecular complexity index is 682. The number of aromatic amines is 1. The lowest BCUT2D eigenvalue weighted by Crippen LogP contribution is -2.33. The van der Waals surface area contributed by atoms with Crippen molar-refractivity contribution in [2.24, 2.45) is 0 Å². The Labute approximate surface area is 125 Å². The zero-order valence-corrected chi connectivity index (χ0v) is 13.1. The normalized spacial score (nSPS) is 11.5. The Kier molecular flexibility index (Phi) is 4.05. The number of alkyl halides is 2. The third-order valence-electron chi connectivity index (χ3n) is 2.43. The predicted octanol–water partition coefficient (Wildman–Crippen LogP) is 2.43. The molecule has 1 heterocycles. The average molecular weight is 390 g/mol. The number of benzene rings is 1. The van der Waals surface area contributed by atoms with Gasteiger partial charge in [-0.2, -0.15) is 0 Å². The fourth-order valence-corrected chi connectivity index (χ4v) is 2.33. The predicted molar refractivity (Wildman–Crippen MR) is 78.5 cm³/mol. The summed E-state index contributed by atoms with van der Waals surface area (Å²) in [5, 5.41) is 0. The van der Waals surface area contributed by atoms with Crippen LogP contribution in [0.3, 0.4) is 0 Å². The number of H-pyrrole nitrogens is 1. The van der Waals surface area contributed by atoms with Gasteiger partial charge in [-0.1, -0.05) is 44.0 Å². The molecule has 0 radical (unpaired) electrons. The van der Waals surface area contributed by atoms with E-state index in [0.717, 1.165) is 0 Å². The van der Waals surface area contributed by atoms with Gasteiger partial charge in [-0.3, -0.25) is 4.79 Å². The lowest BCUT2D eigenvalue weighted by Gasteiger charge is -2.17. The van der Waals surface area contributed by atoms with Gasteiger partial charge in [-0.05, 0) is 19.1 Å². The first-order valence-corrected chi connectivity index (χ1v) is 7.10. The zero-order valence-electron chi connectivity index (χ0n) is 9.94. The van der Waals surface area contributed by atoms with Crippen LogP contribution < -0.4 is 5.56 Å². The van der Waals surface area contributed by atoms with Crippen molar-refractivity contribution in [3.63, 3.8) is 0 Å². The number of fused-ring (bicyclic) bond motifs is 1. The largest absolute Gasteiger partial charge is 0.464 e. The maximum atomic E-state index is 12.0. The Hall–Kier alpha value is -1.21. The molecule has 0 amide bonds. The standard InChI is InChI=1S/C12H10Br2N2O3/c1-2-19-11(18)12(13,14)9-10(17)16-8-6-4-3-5-7(8)15-9/h3-6H,2H2,1H3,(H,16,17). The molecule has 2 aromatic rings. The van der Waals surface area contributed by atoms with Crippen LogP contribution in [-0.2, 0) is 12.8 Å². The smallest absolute Gasteiger partial charge is 0.340 e. The highest BCUT2D eigenvalue weighted by molar-refractivity contribution is 9.25. The first kappa shape index (κ1) is 14.2. The van der Waals surface area contributed by atoms with E-state index in [0.29, 0.717) is 11.0 Å². The van der Waals surface area contributed by atoms with Crippen LogP contribution in [0.4, 0.5) is 0 Å². The van der Waals surface area contributed by atoms with Gasteiger partial charge >= 0.3 is 5.97 Å². The van der Waals surface area contributed by atoms with Gasteiger partial charge in [0.25, 0.3) is 5.56 Å². The second kappa shape index (κ2) is 5.42. The molecule has 1 aromatic carbocycles. The van der Waals surface area contributed by atoms with Crippen LogP contribution in [0.25, 0.3) is 11.0 Å². The number of carbonyl (C=O) groups is 1. The van der Waals surface area contributed by atoms with Crippen molar-refractivity contribution in [1.29, 1.82) is 0 Å². The molecule has 0 aliphatic rings. The van der Waals surface area contributed by atoms with Crippen LogP contribution in [0.5, 0.6) is 0 Å². The van der Waals surface area contributed by atoms with Crippen LogP contribution in [0.1, 0.15) is 12.6 Å². The van der Waals surface area contributed by atoms with Crippen molar-refractivity contribution >= 4 is 48.9 Å². The number of halogens is 2. The molecule has 0 saturated heterocycles. The van der Waals surface area contributed by atoms with E-state index in [1.54, 1.807) is 31.2 Å². The van der Waals surface area contributed by atoms with E-state index < -0.39 is 14.8 Å². The fourth-order valence-electron chi connectivity index (χ4n) is 1.56. The molecule has 0 atom stereocenters. The van der Waals surface area contributed by atoms with E-state index in [2.05, 4.69) is 41.8 Å². The summed E-state index contributed by atoms with van der Waals surface area (Å²) in [5.41, 5.74) is 0.741.